The largest absolute Gasteiger partial charge is 0.476 e. The number of carboxylic acids is 1. The molecule has 7 nitrogen and oxygen atoms in total. The molecule has 0 aliphatic heterocycles. The second-order valence-corrected chi connectivity index (χ2v) is 8.24. The van der Waals surface area contributed by atoms with E-state index < -0.39 is 27.5 Å². The minimum Gasteiger partial charge on any atom is -0.476 e. The summed E-state index contributed by atoms with van der Waals surface area (Å²) < 4.78 is 42.4. The van der Waals surface area contributed by atoms with Gasteiger partial charge in [0.25, 0.3) is 10.0 Å². The normalized spacial score (nSPS) is 11.4. The summed E-state index contributed by atoms with van der Waals surface area (Å²) in [6.45, 7) is -0.0835. The molecule has 0 fully saturated rings. The van der Waals surface area contributed by atoms with Gasteiger partial charge >= 0.3 is 5.97 Å². The topological polar surface area (TPSA) is 101 Å². The van der Waals surface area contributed by atoms with E-state index in [1.165, 1.54) is 42.5 Å². The van der Waals surface area contributed by atoms with Crippen LogP contribution in [0.1, 0.15) is 16.1 Å². The highest BCUT2D eigenvalue weighted by Gasteiger charge is 2.19. The second-order valence-electron chi connectivity index (χ2n) is 5.69. The molecule has 3 rings (SSSR count). The molecule has 28 heavy (non-hydrogen) atoms. The van der Waals surface area contributed by atoms with Crippen molar-refractivity contribution in [3.63, 3.8) is 0 Å². The average Bonchev–Trinajstić information content (AvgIpc) is 2.98. The number of aromatic carboxylic acids is 1. The van der Waals surface area contributed by atoms with Crippen LogP contribution in [0.25, 0.3) is 0 Å². The zero-order valence-corrected chi connectivity index (χ0v) is 16.3. The lowest BCUT2D eigenvalue weighted by atomic mass is 10.2. The van der Waals surface area contributed by atoms with Crippen LogP contribution in [0.5, 0.6) is 0 Å². The van der Waals surface area contributed by atoms with Gasteiger partial charge in [0.05, 0.1) is 23.3 Å². The van der Waals surface area contributed by atoms with E-state index in [-0.39, 0.29) is 22.2 Å². The molecule has 1 heterocycles. The zero-order valence-electron chi connectivity index (χ0n) is 13.9. The number of benzene rings is 2. The molecule has 1 aromatic heterocycles. The standard InChI is InChI=1S/C17H12Cl2FN3O4S/c18-11-3-5-13(6-4-11)28(26,27)22-15-7-12(19)2-1-10(15)8-23-9-14(20)16(21-23)17(24)25/h1-7,9,22H,8H2,(H,24,25). The quantitative estimate of drug-likeness (QED) is 0.601. The van der Waals surface area contributed by atoms with E-state index in [0.717, 1.165) is 10.9 Å². The number of carbonyl (C=O) groups is 1. The Bertz CT molecular complexity index is 1150. The highest BCUT2D eigenvalue weighted by molar-refractivity contribution is 7.92. The van der Waals surface area contributed by atoms with Crippen LogP contribution < -0.4 is 4.72 Å². The molecular formula is C17H12Cl2FN3O4S. The van der Waals surface area contributed by atoms with E-state index in [1.54, 1.807) is 0 Å². The van der Waals surface area contributed by atoms with E-state index in [9.17, 15) is 17.6 Å². The lowest BCUT2D eigenvalue weighted by molar-refractivity contribution is 0.0684. The van der Waals surface area contributed by atoms with Gasteiger partial charge in [-0.2, -0.15) is 5.10 Å². The van der Waals surface area contributed by atoms with Crippen molar-refractivity contribution in [2.45, 2.75) is 11.4 Å². The van der Waals surface area contributed by atoms with E-state index >= 15 is 0 Å². The SMILES string of the molecule is O=C(O)c1nn(Cc2ccc(Cl)cc2NS(=O)(=O)c2ccc(Cl)cc2)cc1F. The maximum atomic E-state index is 13.6. The number of anilines is 1. The maximum Gasteiger partial charge on any atom is 0.359 e. The van der Waals surface area contributed by atoms with Crippen molar-refractivity contribution in [1.29, 1.82) is 0 Å². The minimum atomic E-state index is -3.94. The summed E-state index contributed by atoms with van der Waals surface area (Å²) in [5, 5.41) is 13.2. The molecule has 3 aromatic rings. The van der Waals surface area contributed by atoms with Crippen molar-refractivity contribution in [1.82, 2.24) is 9.78 Å². The second kappa shape index (κ2) is 7.78. The number of carboxylic acid groups (broad SMARTS) is 1. The van der Waals surface area contributed by atoms with Gasteiger partial charge in [0.15, 0.2) is 5.82 Å². The smallest absolute Gasteiger partial charge is 0.359 e. The lowest BCUT2D eigenvalue weighted by Crippen LogP contribution is -2.15. The third-order valence-electron chi connectivity index (χ3n) is 3.69. The molecule has 0 radical (unpaired) electrons. The number of hydrogen-bond acceptors (Lipinski definition) is 4. The molecule has 0 saturated heterocycles. The van der Waals surface area contributed by atoms with Crippen molar-refractivity contribution in [2.75, 3.05) is 4.72 Å². The molecule has 0 saturated carbocycles. The maximum absolute atomic E-state index is 13.6. The number of hydrogen-bond donors (Lipinski definition) is 2. The number of sulfonamides is 1. The number of rotatable bonds is 6. The Labute approximate surface area is 169 Å². The summed E-state index contributed by atoms with van der Waals surface area (Å²) in [7, 11) is -3.94. The van der Waals surface area contributed by atoms with Crippen LogP contribution in [0, 0.1) is 5.82 Å². The predicted octanol–water partition coefficient (Wildman–Crippen LogP) is 3.88. The first-order valence-electron chi connectivity index (χ1n) is 7.69. The first kappa shape index (κ1) is 20.1. The van der Waals surface area contributed by atoms with Gasteiger partial charge in [0, 0.05) is 10.0 Å². The highest BCUT2D eigenvalue weighted by atomic mass is 35.5. The number of nitrogens with zero attached hydrogens (tertiary/aromatic N) is 2. The first-order chi connectivity index (χ1) is 13.2. The van der Waals surface area contributed by atoms with Crippen molar-refractivity contribution >= 4 is 44.9 Å². The van der Waals surface area contributed by atoms with Gasteiger partial charge in [-0.05, 0) is 42.0 Å². The molecule has 0 unspecified atom stereocenters. The third kappa shape index (κ3) is 4.44. The van der Waals surface area contributed by atoms with Crippen LogP contribution in [-0.2, 0) is 16.6 Å². The van der Waals surface area contributed by atoms with E-state index in [2.05, 4.69) is 9.82 Å². The van der Waals surface area contributed by atoms with Gasteiger partial charge in [0.1, 0.15) is 0 Å². The number of nitrogens with one attached hydrogen (secondary N) is 1. The molecule has 2 aromatic carbocycles. The van der Waals surface area contributed by atoms with Gasteiger partial charge in [-0.25, -0.2) is 17.6 Å². The third-order valence-corrected chi connectivity index (χ3v) is 5.56. The molecule has 11 heteroatoms. The van der Waals surface area contributed by atoms with E-state index in [1.807, 2.05) is 0 Å². The summed E-state index contributed by atoms with van der Waals surface area (Å²) >= 11 is 11.8. The lowest BCUT2D eigenvalue weighted by Gasteiger charge is -2.13. The molecule has 0 amide bonds. The summed E-state index contributed by atoms with van der Waals surface area (Å²) in [6, 6.07) is 10.0. The fourth-order valence-electron chi connectivity index (χ4n) is 2.40. The van der Waals surface area contributed by atoms with E-state index in [0.29, 0.717) is 10.6 Å². The predicted molar refractivity (Wildman–Crippen MR) is 102 cm³/mol. The molecule has 0 aliphatic rings. The van der Waals surface area contributed by atoms with Crippen molar-refractivity contribution < 1.29 is 22.7 Å². The van der Waals surface area contributed by atoms with Crippen LogP contribution in [0.3, 0.4) is 0 Å². The fourth-order valence-corrected chi connectivity index (χ4v) is 3.79. The molecule has 0 spiro atoms. The number of aromatic nitrogens is 2. The van der Waals surface area contributed by atoms with Gasteiger partial charge in [-0.3, -0.25) is 9.40 Å². The summed E-state index contributed by atoms with van der Waals surface area (Å²) in [5.74, 6) is -2.50. The van der Waals surface area contributed by atoms with Crippen LogP contribution in [0.4, 0.5) is 10.1 Å². The highest BCUT2D eigenvalue weighted by Crippen LogP contribution is 2.25. The van der Waals surface area contributed by atoms with Gasteiger partial charge in [-0.15, -0.1) is 0 Å². The summed E-state index contributed by atoms with van der Waals surface area (Å²) in [6.07, 6.45) is 0.912. The van der Waals surface area contributed by atoms with E-state index in [4.69, 9.17) is 28.3 Å². The zero-order chi connectivity index (χ0) is 20.5. The Balaban J connectivity index is 1.94. The fraction of sp³-hybridized carbons (Fsp3) is 0.0588. The monoisotopic (exact) mass is 443 g/mol. The van der Waals surface area contributed by atoms with Crippen molar-refractivity contribution in [3.8, 4) is 0 Å². The Morgan fingerprint density at radius 1 is 1.14 bits per heavy atom. The molecule has 146 valence electrons. The molecule has 0 bridgehead atoms. The van der Waals surface area contributed by atoms with Crippen LogP contribution >= 0.6 is 23.2 Å². The van der Waals surface area contributed by atoms with Gasteiger partial charge < -0.3 is 5.11 Å². The Hall–Kier alpha value is -2.62. The average molecular weight is 444 g/mol. The Morgan fingerprint density at radius 3 is 2.39 bits per heavy atom. The molecule has 2 N–H and O–H groups in total. The summed E-state index contributed by atoms with van der Waals surface area (Å²) in [4.78, 5) is 10.9. The molecule has 0 aliphatic carbocycles. The Kier molecular flexibility index (Phi) is 5.59. The van der Waals surface area contributed by atoms with Crippen molar-refractivity contribution in [3.05, 3.63) is 75.8 Å². The van der Waals surface area contributed by atoms with Gasteiger partial charge in [0.2, 0.25) is 5.69 Å². The van der Waals surface area contributed by atoms with Crippen LogP contribution in [0.2, 0.25) is 10.0 Å². The Morgan fingerprint density at radius 2 is 1.79 bits per heavy atom. The minimum absolute atomic E-state index is 0.0128. The first-order valence-corrected chi connectivity index (χ1v) is 9.93. The van der Waals surface area contributed by atoms with Crippen LogP contribution in [0.15, 0.2) is 53.6 Å². The summed E-state index contributed by atoms with van der Waals surface area (Å²) in [5.41, 5.74) is -0.172. The molecule has 0 atom stereocenters. The van der Waals surface area contributed by atoms with Gasteiger partial charge in [-0.1, -0.05) is 29.3 Å². The molecular weight excluding hydrogens is 432 g/mol. The number of halogens is 3. The van der Waals surface area contributed by atoms with Crippen LogP contribution in [-0.4, -0.2) is 29.3 Å². The van der Waals surface area contributed by atoms with Crippen molar-refractivity contribution in [2.24, 2.45) is 0 Å².